The van der Waals surface area contributed by atoms with E-state index >= 15 is 0 Å². The van der Waals surface area contributed by atoms with E-state index < -0.39 is 0 Å². The molecule has 0 unspecified atom stereocenters. The Morgan fingerprint density at radius 1 is 1.17 bits per heavy atom. The molecule has 23 heavy (non-hydrogen) atoms. The highest BCUT2D eigenvalue weighted by molar-refractivity contribution is 5.85. The van der Waals surface area contributed by atoms with Gasteiger partial charge < -0.3 is 0 Å². The van der Waals surface area contributed by atoms with E-state index in [0.29, 0.717) is 30.0 Å². The lowest BCUT2D eigenvalue weighted by Gasteiger charge is -2.59. The van der Waals surface area contributed by atoms with Crippen molar-refractivity contribution in [3.8, 4) is 0 Å². The lowest BCUT2D eigenvalue weighted by atomic mass is 9.45. The van der Waals surface area contributed by atoms with Gasteiger partial charge in [-0.3, -0.25) is 4.79 Å². The molecule has 4 rings (SSSR count). The summed E-state index contributed by atoms with van der Waals surface area (Å²) in [4.78, 5) is 16.8. The van der Waals surface area contributed by atoms with Gasteiger partial charge in [0.15, 0.2) is 6.20 Å². The molecule has 4 fully saturated rings. The van der Waals surface area contributed by atoms with E-state index in [9.17, 15) is 4.79 Å². The van der Waals surface area contributed by atoms with Crippen LogP contribution in [0.15, 0.2) is 11.8 Å². The molecule has 0 saturated heterocycles. The first-order chi connectivity index (χ1) is 11.0. The van der Waals surface area contributed by atoms with Gasteiger partial charge in [0.2, 0.25) is 0 Å². The quantitative estimate of drug-likeness (QED) is 0.549. The number of Topliss-reactive ketones (excluding diaryl/α,β-unsaturated/α-hetero) is 1. The fourth-order valence-corrected chi connectivity index (χ4v) is 7.25. The Morgan fingerprint density at radius 2 is 2.00 bits per heavy atom. The van der Waals surface area contributed by atoms with Gasteiger partial charge in [-0.15, -0.1) is 0 Å². The van der Waals surface area contributed by atoms with Crippen LogP contribution in [0, 0.1) is 41.1 Å². The number of ketones is 1. The van der Waals surface area contributed by atoms with E-state index in [-0.39, 0.29) is 10.8 Å². The van der Waals surface area contributed by atoms with Crippen LogP contribution >= 0.6 is 0 Å². The molecule has 0 aromatic heterocycles. The molecule has 0 amide bonds. The van der Waals surface area contributed by atoms with Crippen molar-refractivity contribution in [3.63, 3.8) is 0 Å². The van der Waals surface area contributed by atoms with Crippen LogP contribution in [0.1, 0.15) is 71.6 Å². The Kier molecular flexibility index (Phi) is 3.49. The molecule has 4 aliphatic carbocycles. The fraction of sp³-hybridized carbons (Fsp3) is 0.810. The van der Waals surface area contributed by atoms with Gasteiger partial charge in [-0.1, -0.05) is 32.3 Å². The Bertz CT molecular complexity index is 599. The number of allylic oxidation sites excluding steroid dienone is 1. The molecule has 0 heterocycles. The molecule has 0 aromatic rings. The molecule has 4 aliphatic rings. The summed E-state index contributed by atoms with van der Waals surface area (Å²) in [5, 5.41) is 0. The summed E-state index contributed by atoms with van der Waals surface area (Å²) in [7, 11) is 0. The molecule has 2 heteroatoms. The second kappa shape index (κ2) is 5.20. The first kappa shape index (κ1) is 15.4. The van der Waals surface area contributed by atoms with E-state index in [1.165, 1.54) is 50.5 Å². The third kappa shape index (κ3) is 2.01. The highest BCUT2D eigenvalue weighted by atomic mass is 16.1. The Morgan fingerprint density at radius 3 is 2.78 bits per heavy atom. The van der Waals surface area contributed by atoms with Gasteiger partial charge in [0.25, 0.3) is 0 Å². The number of nitrogens with zero attached hydrogens (tertiary/aromatic N) is 1. The van der Waals surface area contributed by atoms with Gasteiger partial charge in [0, 0.05) is 12.3 Å². The Hall–Kier alpha value is -1.10. The van der Waals surface area contributed by atoms with Crippen LogP contribution in [0.4, 0.5) is 0 Å². The highest BCUT2D eigenvalue weighted by Gasteiger charge is 2.61. The summed E-state index contributed by atoms with van der Waals surface area (Å²) in [5.41, 5.74) is 1.52. The molecule has 124 valence electrons. The average molecular weight is 311 g/mol. The molecule has 0 aromatic carbocycles. The van der Waals surface area contributed by atoms with Crippen molar-refractivity contribution in [1.29, 1.82) is 0 Å². The molecule has 0 spiro atoms. The number of carbonyl (C=O) groups excluding carboxylic acids is 1. The molecule has 0 radical (unpaired) electrons. The third-order valence-electron chi connectivity index (χ3n) is 8.34. The van der Waals surface area contributed by atoms with Gasteiger partial charge in [-0.25, -0.2) is 4.85 Å². The van der Waals surface area contributed by atoms with Gasteiger partial charge in [-0.05, 0) is 67.1 Å². The standard InChI is InChI=1S/C21H29NO/c1-20-11-5-4-6-14(20)7-9-16-17-10-8-15(13-22-3)21(17,2)12-18(23)19(16)20/h13-14,16-17,19H,4-12H2,1-2H3/b15-13-/t14-,16-,17-,19+,20-,21+/m0/s1. The number of rotatable bonds is 0. The largest absolute Gasteiger partial charge is 0.299 e. The number of fused-ring (bicyclic) bond motifs is 5. The van der Waals surface area contributed by atoms with Crippen LogP contribution in [-0.4, -0.2) is 5.78 Å². The zero-order valence-electron chi connectivity index (χ0n) is 14.6. The Balaban J connectivity index is 1.72. The van der Waals surface area contributed by atoms with E-state index in [2.05, 4.69) is 18.7 Å². The summed E-state index contributed by atoms with van der Waals surface area (Å²) in [6.07, 6.45) is 12.6. The normalized spacial score (nSPS) is 50.8. The maximum Gasteiger partial charge on any atom is 0.154 e. The van der Waals surface area contributed by atoms with Crippen LogP contribution in [0.3, 0.4) is 0 Å². The van der Waals surface area contributed by atoms with Crippen molar-refractivity contribution in [1.82, 2.24) is 0 Å². The summed E-state index contributed by atoms with van der Waals surface area (Å²) in [6, 6.07) is 0. The smallest absolute Gasteiger partial charge is 0.154 e. The van der Waals surface area contributed by atoms with E-state index in [1.54, 1.807) is 6.20 Å². The molecule has 0 bridgehead atoms. The molecular formula is C21H29NO. The summed E-state index contributed by atoms with van der Waals surface area (Å²) in [5.74, 6) is 2.84. The van der Waals surface area contributed by atoms with Crippen molar-refractivity contribution in [2.75, 3.05) is 0 Å². The van der Waals surface area contributed by atoms with Gasteiger partial charge in [0.1, 0.15) is 5.78 Å². The summed E-state index contributed by atoms with van der Waals surface area (Å²) in [6.45, 7) is 11.9. The van der Waals surface area contributed by atoms with Crippen LogP contribution in [-0.2, 0) is 4.79 Å². The predicted molar refractivity (Wildman–Crippen MR) is 91.4 cm³/mol. The van der Waals surface area contributed by atoms with Gasteiger partial charge >= 0.3 is 0 Å². The van der Waals surface area contributed by atoms with Crippen LogP contribution in [0.5, 0.6) is 0 Å². The van der Waals surface area contributed by atoms with Crippen molar-refractivity contribution in [2.45, 2.75) is 71.6 Å². The average Bonchev–Trinajstić information content (AvgIpc) is 2.83. The SMILES string of the molecule is [C-]#[N+]/C=C1/CC[C@H]2[C@@H]3CC[C@@H]4CCCC[C@]4(C)[C@H]3C(=O)C[C@]12C. The minimum Gasteiger partial charge on any atom is -0.299 e. The lowest BCUT2D eigenvalue weighted by molar-refractivity contribution is -0.153. The minimum atomic E-state index is -0.0132. The van der Waals surface area contributed by atoms with Crippen LogP contribution in [0.25, 0.3) is 4.85 Å². The van der Waals surface area contributed by atoms with Crippen molar-refractivity contribution in [3.05, 3.63) is 23.2 Å². The van der Waals surface area contributed by atoms with Gasteiger partial charge in [-0.2, -0.15) is 0 Å². The van der Waals surface area contributed by atoms with Crippen molar-refractivity contribution < 1.29 is 4.79 Å². The zero-order chi connectivity index (χ0) is 16.2. The highest BCUT2D eigenvalue weighted by Crippen LogP contribution is 2.66. The molecule has 4 saturated carbocycles. The molecule has 0 N–H and O–H groups in total. The zero-order valence-corrected chi connectivity index (χ0v) is 14.6. The predicted octanol–water partition coefficient (Wildman–Crippen LogP) is 5.40. The molecular weight excluding hydrogens is 282 g/mol. The van der Waals surface area contributed by atoms with Gasteiger partial charge in [0.05, 0.1) is 6.57 Å². The van der Waals surface area contributed by atoms with E-state index in [4.69, 9.17) is 6.57 Å². The van der Waals surface area contributed by atoms with Crippen molar-refractivity contribution in [2.24, 2.45) is 34.5 Å². The fourth-order valence-electron chi connectivity index (χ4n) is 7.25. The molecule has 2 nitrogen and oxygen atoms in total. The summed E-state index contributed by atoms with van der Waals surface area (Å²) >= 11 is 0. The van der Waals surface area contributed by atoms with E-state index in [1.807, 2.05) is 0 Å². The lowest BCUT2D eigenvalue weighted by Crippen LogP contribution is -2.56. The number of hydrogen-bond acceptors (Lipinski definition) is 1. The first-order valence-corrected chi connectivity index (χ1v) is 9.59. The first-order valence-electron chi connectivity index (χ1n) is 9.59. The molecule has 0 aliphatic heterocycles. The molecule has 6 atom stereocenters. The number of carbonyl (C=O) groups is 1. The van der Waals surface area contributed by atoms with Crippen LogP contribution < -0.4 is 0 Å². The second-order valence-electron chi connectivity index (χ2n) is 9.16. The third-order valence-corrected chi connectivity index (χ3v) is 8.34. The topological polar surface area (TPSA) is 21.4 Å². The second-order valence-corrected chi connectivity index (χ2v) is 9.16. The monoisotopic (exact) mass is 311 g/mol. The number of hydrogen-bond donors (Lipinski definition) is 0. The maximum atomic E-state index is 13.3. The Labute approximate surface area is 140 Å². The van der Waals surface area contributed by atoms with Crippen LogP contribution in [0.2, 0.25) is 0 Å². The minimum absolute atomic E-state index is 0.0132. The summed E-state index contributed by atoms with van der Waals surface area (Å²) < 4.78 is 0. The van der Waals surface area contributed by atoms with E-state index in [0.717, 1.165) is 12.3 Å². The van der Waals surface area contributed by atoms with Crippen molar-refractivity contribution >= 4 is 5.78 Å². The maximum absolute atomic E-state index is 13.3.